The highest BCUT2D eigenvalue weighted by atomic mass is 32.2. The van der Waals surface area contributed by atoms with E-state index in [1.54, 1.807) is 0 Å². The molecule has 1 saturated heterocycles. The van der Waals surface area contributed by atoms with Gasteiger partial charge in [-0.25, -0.2) is 0 Å². The maximum atomic E-state index is 5.69. The summed E-state index contributed by atoms with van der Waals surface area (Å²) in [5.41, 5.74) is 5.69. The first-order chi connectivity index (χ1) is 7.25. The third kappa shape index (κ3) is 2.95. The van der Waals surface area contributed by atoms with Crippen molar-refractivity contribution in [3.05, 3.63) is 11.7 Å². The molecule has 1 fully saturated rings. The lowest BCUT2D eigenvalue weighted by Crippen LogP contribution is -2.18. The van der Waals surface area contributed by atoms with Crippen LogP contribution in [0.5, 0.6) is 0 Å². The van der Waals surface area contributed by atoms with Gasteiger partial charge in [-0.15, -0.1) is 0 Å². The van der Waals surface area contributed by atoms with Gasteiger partial charge < -0.3 is 10.3 Å². The van der Waals surface area contributed by atoms with Crippen molar-refractivity contribution in [3.63, 3.8) is 0 Å². The van der Waals surface area contributed by atoms with E-state index in [1.807, 2.05) is 18.7 Å². The number of hydrogen-bond acceptors (Lipinski definition) is 5. The predicted octanol–water partition coefficient (Wildman–Crippen LogP) is 1.57. The molecule has 0 bridgehead atoms. The predicted molar refractivity (Wildman–Crippen MR) is 61.0 cm³/mol. The van der Waals surface area contributed by atoms with Crippen LogP contribution in [0.1, 0.15) is 37.4 Å². The number of rotatable bonds is 3. The molecule has 15 heavy (non-hydrogen) atoms. The normalized spacial score (nSPS) is 20.4. The average Bonchev–Trinajstić information content (AvgIpc) is 2.67. The fourth-order valence-electron chi connectivity index (χ4n) is 1.75. The summed E-state index contributed by atoms with van der Waals surface area (Å²) in [4.78, 5) is 4.41. The Morgan fingerprint density at radius 2 is 2.27 bits per heavy atom. The maximum Gasteiger partial charge on any atom is 0.229 e. The van der Waals surface area contributed by atoms with E-state index in [4.69, 9.17) is 10.3 Å². The minimum absolute atomic E-state index is 0.0948. The first-order valence-electron chi connectivity index (χ1n) is 5.41. The Balaban J connectivity index is 1.99. The van der Waals surface area contributed by atoms with Crippen LogP contribution < -0.4 is 5.73 Å². The highest BCUT2D eigenvalue weighted by Gasteiger charge is 2.21. The van der Waals surface area contributed by atoms with Crippen molar-refractivity contribution < 1.29 is 4.52 Å². The van der Waals surface area contributed by atoms with E-state index in [-0.39, 0.29) is 6.04 Å². The number of nitrogens with two attached hydrogens (primary N) is 1. The summed E-state index contributed by atoms with van der Waals surface area (Å²) in [5, 5.41) is 3.96. The van der Waals surface area contributed by atoms with E-state index in [9.17, 15) is 0 Å². The molecule has 0 aromatic carbocycles. The van der Waals surface area contributed by atoms with Crippen molar-refractivity contribution in [3.8, 4) is 0 Å². The third-order valence-corrected chi connectivity index (χ3v) is 3.61. The van der Waals surface area contributed by atoms with Crippen LogP contribution in [-0.4, -0.2) is 27.7 Å². The maximum absolute atomic E-state index is 5.69. The highest BCUT2D eigenvalue weighted by Crippen LogP contribution is 2.30. The highest BCUT2D eigenvalue weighted by molar-refractivity contribution is 7.99. The van der Waals surface area contributed by atoms with Crippen molar-refractivity contribution in [1.29, 1.82) is 0 Å². The van der Waals surface area contributed by atoms with Crippen molar-refractivity contribution in [2.75, 3.05) is 11.5 Å². The zero-order valence-corrected chi connectivity index (χ0v) is 9.80. The Morgan fingerprint density at radius 1 is 1.53 bits per heavy atom. The van der Waals surface area contributed by atoms with Crippen LogP contribution in [0.15, 0.2) is 4.52 Å². The summed E-state index contributed by atoms with van der Waals surface area (Å²) in [6, 6.07) is 0.0948. The van der Waals surface area contributed by atoms with Gasteiger partial charge in [0, 0.05) is 18.4 Å². The second-order valence-corrected chi connectivity index (χ2v) is 5.34. The van der Waals surface area contributed by atoms with Crippen LogP contribution in [0, 0.1) is 0 Å². The average molecular weight is 227 g/mol. The van der Waals surface area contributed by atoms with Gasteiger partial charge in [-0.05, 0) is 31.3 Å². The van der Waals surface area contributed by atoms with Crippen LogP contribution in [0.4, 0.5) is 0 Å². The van der Waals surface area contributed by atoms with Gasteiger partial charge in [0.25, 0.3) is 0 Å². The van der Waals surface area contributed by atoms with Crippen molar-refractivity contribution in [2.45, 2.75) is 38.1 Å². The number of aromatic nitrogens is 2. The zero-order valence-electron chi connectivity index (χ0n) is 8.98. The summed E-state index contributed by atoms with van der Waals surface area (Å²) < 4.78 is 5.28. The Kier molecular flexibility index (Phi) is 3.64. The molecule has 84 valence electrons. The van der Waals surface area contributed by atoms with Gasteiger partial charge >= 0.3 is 0 Å². The first-order valence-corrected chi connectivity index (χ1v) is 6.57. The minimum atomic E-state index is 0.0948. The lowest BCUT2D eigenvalue weighted by molar-refractivity contribution is 0.341. The molecule has 0 radical (unpaired) electrons. The molecule has 1 aliphatic heterocycles. The molecule has 1 aromatic rings. The Morgan fingerprint density at radius 3 is 2.93 bits per heavy atom. The van der Waals surface area contributed by atoms with Gasteiger partial charge in [0.1, 0.15) is 0 Å². The Labute approximate surface area is 94.0 Å². The monoisotopic (exact) mass is 227 g/mol. The van der Waals surface area contributed by atoms with Crippen molar-refractivity contribution >= 4 is 11.8 Å². The van der Waals surface area contributed by atoms with E-state index in [0.717, 1.165) is 24.6 Å². The van der Waals surface area contributed by atoms with Gasteiger partial charge in [0.2, 0.25) is 5.89 Å². The van der Waals surface area contributed by atoms with Gasteiger partial charge in [-0.2, -0.15) is 16.7 Å². The van der Waals surface area contributed by atoms with E-state index in [2.05, 4.69) is 10.1 Å². The topological polar surface area (TPSA) is 64.9 Å². The van der Waals surface area contributed by atoms with Gasteiger partial charge in [0.05, 0.1) is 0 Å². The minimum Gasteiger partial charge on any atom is -0.339 e. The van der Waals surface area contributed by atoms with Crippen LogP contribution in [0.2, 0.25) is 0 Å². The quantitative estimate of drug-likeness (QED) is 0.849. The number of nitrogens with zero attached hydrogens (tertiary/aromatic N) is 2. The van der Waals surface area contributed by atoms with Crippen molar-refractivity contribution in [1.82, 2.24) is 10.1 Å². The standard InChI is InChI=1S/C10H17N3OS/c1-7(11)6-9-12-10(14-13-9)8-2-4-15-5-3-8/h7-8H,2-6,11H2,1H3. The van der Waals surface area contributed by atoms with E-state index < -0.39 is 0 Å². The molecule has 2 heterocycles. The molecule has 2 N–H and O–H groups in total. The number of hydrogen-bond donors (Lipinski definition) is 1. The Bertz CT molecular complexity index is 307. The number of thioether (sulfide) groups is 1. The molecular weight excluding hydrogens is 210 g/mol. The Hall–Kier alpha value is -0.550. The fraction of sp³-hybridized carbons (Fsp3) is 0.800. The smallest absolute Gasteiger partial charge is 0.229 e. The first kappa shape index (κ1) is 11.0. The van der Waals surface area contributed by atoms with Gasteiger partial charge in [0.15, 0.2) is 5.82 Å². The van der Waals surface area contributed by atoms with Crippen molar-refractivity contribution in [2.24, 2.45) is 5.73 Å². The summed E-state index contributed by atoms with van der Waals surface area (Å²) in [6.07, 6.45) is 3.01. The second kappa shape index (κ2) is 4.99. The molecule has 2 rings (SSSR count). The molecule has 0 aliphatic carbocycles. The molecular formula is C10H17N3OS. The fourth-order valence-corrected chi connectivity index (χ4v) is 2.86. The molecule has 0 saturated carbocycles. The lowest BCUT2D eigenvalue weighted by Gasteiger charge is -2.16. The van der Waals surface area contributed by atoms with Crippen LogP contribution in [0.25, 0.3) is 0 Å². The molecule has 5 heteroatoms. The third-order valence-electron chi connectivity index (χ3n) is 2.56. The molecule has 1 atom stereocenters. The SMILES string of the molecule is CC(N)Cc1noc(C2CCSCC2)n1. The molecule has 4 nitrogen and oxygen atoms in total. The van der Waals surface area contributed by atoms with Crippen LogP contribution in [0.3, 0.4) is 0 Å². The summed E-state index contributed by atoms with van der Waals surface area (Å²) in [7, 11) is 0. The van der Waals surface area contributed by atoms with Crippen LogP contribution in [-0.2, 0) is 6.42 Å². The van der Waals surface area contributed by atoms with E-state index >= 15 is 0 Å². The molecule has 1 aromatic heterocycles. The van der Waals surface area contributed by atoms with Gasteiger partial charge in [-0.3, -0.25) is 0 Å². The van der Waals surface area contributed by atoms with Gasteiger partial charge in [-0.1, -0.05) is 5.16 Å². The molecule has 0 spiro atoms. The summed E-state index contributed by atoms with van der Waals surface area (Å²) in [5.74, 6) is 4.44. The summed E-state index contributed by atoms with van der Waals surface area (Å²) >= 11 is 2.00. The van der Waals surface area contributed by atoms with Crippen LogP contribution >= 0.6 is 11.8 Å². The van der Waals surface area contributed by atoms with E-state index in [0.29, 0.717) is 12.3 Å². The van der Waals surface area contributed by atoms with E-state index in [1.165, 1.54) is 11.5 Å². The lowest BCUT2D eigenvalue weighted by atomic mass is 10.0. The second-order valence-electron chi connectivity index (χ2n) is 4.12. The summed E-state index contributed by atoms with van der Waals surface area (Å²) in [6.45, 7) is 1.95. The molecule has 0 amide bonds. The molecule has 1 unspecified atom stereocenters. The largest absolute Gasteiger partial charge is 0.339 e. The zero-order chi connectivity index (χ0) is 10.7. The molecule has 1 aliphatic rings.